The zero-order valence-electron chi connectivity index (χ0n) is 13.4. The smallest absolute Gasteiger partial charge is 0.303 e. The van der Waals surface area contributed by atoms with Crippen LogP contribution in [0.15, 0.2) is 30.3 Å². The van der Waals surface area contributed by atoms with Crippen LogP contribution in [0.1, 0.15) is 31.6 Å². The quantitative estimate of drug-likeness (QED) is 0.835. The molecule has 124 valence electrons. The monoisotopic (exact) mass is 343 g/mol. The van der Waals surface area contributed by atoms with E-state index in [9.17, 15) is 14.9 Å². The zero-order chi connectivity index (χ0) is 17.7. The summed E-state index contributed by atoms with van der Waals surface area (Å²) >= 11 is 1.10. The fourth-order valence-corrected chi connectivity index (χ4v) is 2.82. The minimum Gasteiger partial charge on any atom is -0.481 e. The van der Waals surface area contributed by atoms with E-state index < -0.39 is 11.4 Å². The van der Waals surface area contributed by atoms with Gasteiger partial charge in [0.1, 0.15) is 16.6 Å². The van der Waals surface area contributed by atoms with Gasteiger partial charge in [0.05, 0.1) is 0 Å². The van der Waals surface area contributed by atoms with E-state index >= 15 is 0 Å². The number of nitrogens with zero attached hydrogens (tertiary/aromatic N) is 2. The second-order valence-electron chi connectivity index (χ2n) is 5.91. The molecular formula is C17H17N3O3S. The van der Waals surface area contributed by atoms with Gasteiger partial charge in [0, 0.05) is 17.4 Å². The topological polar surface area (TPSA) is 103 Å². The van der Waals surface area contributed by atoms with Gasteiger partial charge in [0.25, 0.3) is 0 Å². The molecule has 0 aliphatic rings. The lowest BCUT2D eigenvalue weighted by Gasteiger charge is -2.21. The number of benzene rings is 1. The Morgan fingerprint density at radius 1 is 1.33 bits per heavy atom. The van der Waals surface area contributed by atoms with Crippen molar-refractivity contribution in [3.8, 4) is 17.3 Å². The van der Waals surface area contributed by atoms with E-state index in [-0.39, 0.29) is 18.7 Å². The van der Waals surface area contributed by atoms with Gasteiger partial charge in [-0.05, 0) is 6.42 Å². The number of carboxylic acids is 1. The lowest BCUT2D eigenvalue weighted by molar-refractivity contribution is -0.138. The molecule has 0 unspecified atom stereocenters. The average molecular weight is 343 g/mol. The standard InChI is InChI=1S/C17H17N3O3S/c1-17(2,9-8-13(21)22)15(23)20-16-19-14(12(10-18)24-16)11-6-4-3-5-7-11/h3-7H,8-9H2,1-2H3,(H,21,22)(H,19,20,23). The van der Waals surface area contributed by atoms with Crippen LogP contribution in [0.4, 0.5) is 5.13 Å². The number of aliphatic carboxylic acids is 1. The Morgan fingerprint density at radius 2 is 2.00 bits per heavy atom. The van der Waals surface area contributed by atoms with Gasteiger partial charge in [0.15, 0.2) is 5.13 Å². The van der Waals surface area contributed by atoms with Crippen molar-refractivity contribution in [2.24, 2.45) is 5.41 Å². The normalized spacial score (nSPS) is 10.9. The molecule has 1 heterocycles. The second kappa shape index (κ2) is 7.23. The Hall–Kier alpha value is -2.72. The highest BCUT2D eigenvalue weighted by atomic mass is 32.1. The van der Waals surface area contributed by atoms with Gasteiger partial charge in [-0.2, -0.15) is 5.26 Å². The Morgan fingerprint density at radius 3 is 2.58 bits per heavy atom. The lowest BCUT2D eigenvalue weighted by atomic mass is 9.87. The van der Waals surface area contributed by atoms with Crippen LogP contribution >= 0.6 is 11.3 Å². The number of nitriles is 1. The van der Waals surface area contributed by atoms with Crippen LogP contribution in [0.3, 0.4) is 0 Å². The number of nitrogens with one attached hydrogen (secondary N) is 1. The van der Waals surface area contributed by atoms with Crippen LogP contribution in [0.5, 0.6) is 0 Å². The summed E-state index contributed by atoms with van der Waals surface area (Å²) in [5.74, 6) is -1.26. The Kier molecular flexibility index (Phi) is 5.31. The maximum atomic E-state index is 12.4. The van der Waals surface area contributed by atoms with Crippen molar-refractivity contribution in [2.75, 3.05) is 5.32 Å². The van der Waals surface area contributed by atoms with Crippen LogP contribution in [0.25, 0.3) is 11.3 Å². The Labute approximate surface area is 143 Å². The first-order valence-corrected chi connectivity index (χ1v) is 8.15. The fourth-order valence-electron chi connectivity index (χ4n) is 2.04. The van der Waals surface area contributed by atoms with E-state index in [2.05, 4.69) is 16.4 Å². The summed E-state index contributed by atoms with van der Waals surface area (Å²) < 4.78 is 0. The molecule has 0 aliphatic heterocycles. The van der Waals surface area contributed by atoms with E-state index in [1.165, 1.54) is 0 Å². The summed E-state index contributed by atoms with van der Waals surface area (Å²) in [5.41, 5.74) is 0.488. The van der Waals surface area contributed by atoms with Crippen LogP contribution in [0.2, 0.25) is 0 Å². The van der Waals surface area contributed by atoms with Gasteiger partial charge in [-0.1, -0.05) is 55.5 Å². The number of thiazole rings is 1. The van der Waals surface area contributed by atoms with E-state index in [4.69, 9.17) is 5.11 Å². The number of carboxylic acid groups (broad SMARTS) is 1. The number of amides is 1. The van der Waals surface area contributed by atoms with Crippen molar-refractivity contribution in [3.05, 3.63) is 35.2 Å². The van der Waals surface area contributed by atoms with Crippen molar-refractivity contribution in [1.29, 1.82) is 5.26 Å². The molecule has 0 saturated heterocycles. The molecule has 0 aliphatic carbocycles. The SMILES string of the molecule is CC(C)(CCC(=O)O)C(=O)Nc1nc(-c2ccccc2)c(C#N)s1. The maximum absolute atomic E-state index is 12.4. The van der Waals surface area contributed by atoms with Gasteiger partial charge < -0.3 is 10.4 Å². The van der Waals surface area contributed by atoms with E-state index in [1.807, 2.05) is 30.3 Å². The molecule has 2 aromatic rings. The molecule has 24 heavy (non-hydrogen) atoms. The first-order valence-electron chi connectivity index (χ1n) is 7.33. The van der Waals surface area contributed by atoms with Crippen LogP contribution < -0.4 is 5.32 Å². The Balaban J connectivity index is 2.19. The summed E-state index contributed by atoms with van der Waals surface area (Å²) in [6, 6.07) is 11.4. The highest BCUT2D eigenvalue weighted by molar-refractivity contribution is 7.16. The predicted molar refractivity (Wildman–Crippen MR) is 91.5 cm³/mol. The number of aromatic nitrogens is 1. The van der Waals surface area contributed by atoms with E-state index in [0.29, 0.717) is 15.7 Å². The highest BCUT2D eigenvalue weighted by Crippen LogP contribution is 2.32. The highest BCUT2D eigenvalue weighted by Gasteiger charge is 2.29. The number of rotatable bonds is 6. The average Bonchev–Trinajstić information content (AvgIpc) is 2.96. The van der Waals surface area contributed by atoms with Crippen LogP contribution in [-0.2, 0) is 9.59 Å². The summed E-state index contributed by atoms with van der Waals surface area (Å²) in [7, 11) is 0. The molecule has 6 nitrogen and oxygen atoms in total. The molecule has 2 N–H and O–H groups in total. The largest absolute Gasteiger partial charge is 0.481 e. The number of hydrogen-bond donors (Lipinski definition) is 2. The molecular weight excluding hydrogens is 326 g/mol. The first-order chi connectivity index (χ1) is 11.3. The summed E-state index contributed by atoms with van der Waals surface area (Å²) in [6.45, 7) is 3.37. The Bertz CT molecular complexity index is 791. The maximum Gasteiger partial charge on any atom is 0.303 e. The third kappa shape index (κ3) is 4.18. The number of carbonyl (C=O) groups excluding carboxylic acids is 1. The molecule has 0 bridgehead atoms. The molecule has 7 heteroatoms. The molecule has 2 rings (SSSR count). The third-order valence-electron chi connectivity index (χ3n) is 3.57. The molecule has 1 amide bonds. The summed E-state index contributed by atoms with van der Waals surface area (Å²) in [6.07, 6.45) is 0.132. The van der Waals surface area contributed by atoms with Crippen molar-refractivity contribution in [3.63, 3.8) is 0 Å². The number of hydrogen-bond acceptors (Lipinski definition) is 5. The minimum atomic E-state index is -0.941. The molecule has 0 saturated carbocycles. The van der Waals surface area contributed by atoms with Crippen LogP contribution in [0, 0.1) is 16.7 Å². The molecule has 0 fully saturated rings. The van der Waals surface area contributed by atoms with E-state index in [1.54, 1.807) is 13.8 Å². The predicted octanol–water partition coefficient (Wildman–Crippen LogP) is 3.51. The van der Waals surface area contributed by atoms with Crippen LogP contribution in [-0.4, -0.2) is 22.0 Å². The fraction of sp³-hybridized carbons (Fsp3) is 0.294. The van der Waals surface area contributed by atoms with Gasteiger partial charge in [0.2, 0.25) is 5.91 Å². The lowest BCUT2D eigenvalue weighted by Crippen LogP contribution is -2.31. The zero-order valence-corrected chi connectivity index (χ0v) is 14.2. The van der Waals surface area contributed by atoms with Crippen molar-refractivity contribution >= 4 is 28.3 Å². The summed E-state index contributed by atoms with van der Waals surface area (Å²) in [5, 5.41) is 21.1. The van der Waals surface area contributed by atoms with Gasteiger partial charge in [-0.3, -0.25) is 9.59 Å². The molecule has 0 atom stereocenters. The number of carbonyl (C=O) groups is 2. The second-order valence-corrected chi connectivity index (χ2v) is 6.91. The minimum absolute atomic E-state index is 0.0863. The van der Waals surface area contributed by atoms with Gasteiger partial charge >= 0.3 is 5.97 Å². The van der Waals surface area contributed by atoms with Gasteiger partial charge in [-0.15, -0.1) is 0 Å². The summed E-state index contributed by atoms with van der Waals surface area (Å²) in [4.78, 5) is 27.8. The van der Waals surface area contributed by atoms with Crippen molar-refractivity contribution in [2.45, 2.75) is 26.7 Å². The van der Waals surface area contributed by atoms with Gasteiger partial charge in [-0.25, -0.2) is 4.98 Å². The molecule has 1 aromatic heterocycles. The molecule has 0 radical (unpaired) electrons. The molecule has 1 aromatic carbocycles. The third-order valence-corrected chi connectivity index (χ3v) is 4.45. The molecule has 0 spiro atoms. The number of anilines is 1. The van der Waals surface area contributed by atoms with Crippen molar-refractivity contribution < 1.29 is 14.7 Å². The van der Waals surface area contributed by atoms with Crippen molar-refractivity contribution in [1.82, 2.24) is 4.98 Å². The van der Waals surface area contributed by atoms with E-state index in [0.717, 1.165) is 16.9 Å². The first kappa shape index (κ1) is 17.6.